The van der Waals surface area contributed by atoms with E-state index < -0.39 is 0 Å². The normalized spacial score (nSPS) is 15.9. The van der Waals surface area contributed by atoms with Crippen LogP contribution in [0.15, 0.2) is 48.8 Å². The van der Waals surface area contributed by atoms with Crippen molar-refractivity contribution in [1.82, 2.24) is 4.98 Å². The quantitative estimate of drug-likeness (QED) is 0.605. The third-order valence-corrected chi connectivity index (χ3v) is 4.34. The van der Waals surface area contributed by atoms with Gasteiger partial charge in [-0.3, -0.25) is 4.98 Å². The summed E-state index contributed by atoms with van der Waals surface area (Å²) in [6.07, 6.45) is 7.89. The molecule has 0 aliphatic carbocycles. The second-order valence-corrected chi connectivity index (χ2v) is 5.59. The van der Waals surface area contributed by atoms with Gasteiger partial charge in [-0.2, -0.15) is 0 Å². The maximum Gasteiger partial charge on any atom is 0.0453 e. The maximum absolute atomic E-state index is 4.33. The van der Waals surface area contributed by atoms with Crippen molar-refractivity contribution >= 4 is 27.2 Å². The highest BCUT2D eigenvalue weighted by Crippen LogP contribution is 2.34. The Morgan fingerprint density at radius 3 is 2.60 bits per heavy atom. The summed E-state index contributed by atoms with van der Waals surface area (Å²) >= 11 is 0. The number of fused-ring (bicyclic) bond motifs is 3. The highest BCUT2D eigenvalue weighted by Gasteiger charge is 2.15. The molecule has 3 aromatic rings. The summed E-state index contributed by atoms with van der Waals surface area (Å²) in [7, 11) is 0. The van der Waals surface area contributed by atoms with Gasteiger partial charge in [-0.05, 0) is 42.2 Å². The summed E-state index contributed by atoms with van der Waals surface area (Å²) in [5.74, 6) is 0. The molecular weight excluding hydrogens is 244 g/mol. The van der Waals surface area contributed by atoms with Crippen LogP contribution in [-0.2, 0) is 0 Å². The number of pyridine rings is 1. The Hall–Kier alpha value is -2.09. The molecule has 2 aromatic carbocycles. The smallest absolute Gasteiger partial charge is 0.0453 e. The average molecular weight is 262 g/mol. The molecule has 0 N–H and O–H groups in total. The molecule has 100 valence electrons. The topological polar surface area (TPSA) is 16.1 Å². The zero-order valence-corrected chi connectivity index (χ0v) is 11.5. The zero-order valence-electron chi connectivity index (χ0n) is 11.5. The molecule has 0 radical (unpaired) electrons. The lowest BCUT2D eigenvalue weighted by molar-refractivity contribution is 0.579. The second kappa shape index (κ2) is 4.78. The van der Waals surface area contributed by atoms with E-state index >= 15 is 0 Å². The number of benzene rings is 2. The summed E-state index contributed by atoms with van der Waals surface area (Å²) in [6.45, 7) is 2.35. The van der Waals surface area contributed by atoms with Crippen LogP contribution in [0.4, 0.5) is 5.69 Å². The molecular formula is C18H18N2. The van der Waals surface area contributed by atoms with Gasteiger partial charge in [0.1, 0.15) is 0 Å². The molecule has 2 nitrogen and oxygen atoms in total. The first-order chi connectivity index (χ1) is 9.93. The molecule has 1 saturated heterocycles. The Morgan fingerprint density at radius 2 is 1.70 bits per heavy atom. The minimum atomic E-state index is 1.18. The van der Waals surface area contributed by atoms with E-state index in [0.29, 0.717) is 0 Å². The van der Waals surface area contributed by atoms with Gasteiger partial charge in [0, 0.05) is 41.9 Å². The molecule has 1 aromatic heterocycles. The maximum atomic E-state index is 4.33. The van der Waals surface area contributed by atoms with Gasteiger partial charge in [0.05, 0.1) is 0 Å². The van der Waals surface area contributed by atoms with Crippen LogP contribution in [0.3, 0.4) is 0 Å². The number of hydrogen-bond acceptors (Lipinski definition) is 2. The molecule has 2 heterocycles. The molecule has 0 amide bonds. The number of piperidine rings is 1. The van der Waals surface area contributed by atoms with Crippen molar-refractivity contribution in [2.75, 3.05) is 18.0 Å². The predicted molar refractivity (Wildman–Crippen MR) is 85.3 cm³/mol. The first-order valence-electron chi connectivity index (χ1n) is 7.44. The van der Waals surface area contributed by atoms with Crippen LogP contribution < -0.4 is 4.90 Å². The van der Waals surface area contributed by atoms with E-state index in [2.05, 4.69) is 46.3 Å². The van der Waals surface area contributed by atoms with Gasteiger partial charge in [-0.15, -0.1) is 0 Å². The number of rotatable bonds is 1. The van der Waals surface area contributed by atoms with E-state index in [4.69, 9.17) is 0 Å². The van der Waals surface area contributed by atoms with Gasteiger partial charge in [-0.25, -0.2) is 0 Å². The van der Waals surface area contributed by atoms with Gasteiger partial charge in [-0.1, -0.05) is 24.3 Å². The monoisotopic (exact) mass is 262 g/mol. The molecule has 2 heteroatoms. The fourth-order valence-corrected chi connectivity index (χ4v) is 3.32. The predicted octanol–water partition coefficient (Wildman–Crippen LogP) is 4.38. The van der Waals surface area contributed by atoms with Crippen molar-refractivity contribution in [1.29, 1.82) is 0 Å². The molecule has 1 fully saturated rings. The van der Waals surface area contributed by atoms with E-state index in [0.717, 1.165) is 0 Å². The highest BCUT2D eigenvalue weighted by atomic mass is 15.1. The van der Waals surface area contributed by atoms with Crippen LogP contribution in [0, 0.1) is 0 Å². The average Bonchev–Trinajstić information content (AvgIpc) is 2.55. The molecule has 0 unspecified atom stereocenters. The molecule has 20 heavy (non-hydrogen) atoms. The third kappa shape index (κ3) is 1.83. The summed E-state index contributed by atoms with van der Waals surface area (Å²) in [4.78, 5) is 6.87. The molecule has 4 rings (SSSR count). The zero-order chi connectivity index (χ0) is 13.4. The highest BCUT2D eigenvalue weighted by molar-refractivity contribution is 6.12. The third-order valence-electron chi connectivity index (χ3n) is 4.34. The van der Waals surface area contributed by atoms with E-state index in [1.54, 1.807) is 0 Å². The number of hydrogen-bond donors (Lipinski definition) is 0. The van der Waals surface area contributed by atoms with Crippen molar-refractivity contribution < 1.29 is 0 Å². The van der Waals surface area contributed by atoms with Crippen molar-refractivity contribution in [3.05, 3.63) is 48.8 Å². The van der Waals surface area contributed by atoms with Crippen LogP contribution in [0.1, 0.15) is 19.3 Å². The number of aromatic nitrogens is 1. The van der Waals surface area contributed by atoms with Crippen molar-refractivity contribution in [2.45, 2.75) is 19.3 Å². The Labute approximate surface area is 119 Å². The lowest BCUT2D eigenvalue weighted by atomic mass is 10.00. The van der Waals surface area contributed by atoms with Crippen molar-refractivity contribution in [3.63, 3.8) is 0 Å². The van der Waals surface area contributed by atoms with E-state index in [1.807, 2.05) is 12.4 Å². The molecule has 0 bridgehead atoms. The summed E-state index contributed by atoms with van der Waals surface area (Å²) < 4.78 is 0. The largest absolute Gasteiger partial charge is 0.371 e. The van der Waals surface area contributed by atoms with Crippen LogP contribution >= 0.6 is 0 Å². The van der Waals surface area contributed by atoms with Crippen LogP contribution in [0.25, 0.3) is 21.5 Å². The molecule has 0 atom stereocenters. The van der Waals surface area contributed by atoms with E-state index in [1.165, 1.54) is 59.6 Å². The van der Waals surface area contributed by atoms with Gasteiger partial charge in [0.2, 0.25) is 0 Å². The van der Waals surface area contributed by atoms with Gasteiger partial charge < -0.3 is 4.90 Å². The van der Waals surface area contributed by atoms with Crippen LogP contribution in [-0.4, -0.2) is 18.1 Å². The Bertz CT molecular complexity index is 758. The first-order valence-corrected chi connectivity index (χ1v) is 7.44. The van der Waals surface area contributed by atoms with Crippen molar-refractivity contribution in [3.8, 4) is 0 Å². The Morgan fingerprint density at radius 1 is 0.850 bits per heavy atom. The van der Waals surface area contributed by atoms with Gasteiger partial charge in [0.15, 0.2) is 0 Å². The standard InChI is InChI=1S/C18H18N2/c1-4-10-20(11-5-1)18-12-14-6-2-3-7-15(14)17-13-19-9-8-16(17)18/h2-3,6-9,12-13H,1,4-5,10-11H2. The summed E-state index contributed by atoms with van der Waals surface area (Å²) in [5, 5.41) is 5.22. The Kier molecular flexibility index (Phi) is 2.80. The minimum Gasteiger partial charge on any atom is -0.371 e. The first kappa shape index (κ1) is 11.7. The second-order valence-electron chi connectivity index (χ2n) is 5.59. The molecule has 0 saturated carbocycles. The molecule has 0 spiro atoms. The summed E-state index contributed by atoms with van der Waals surface area (Å²) in [5.41, 5.74) is 1.38. The number of anilines is 1. The SMILES string of the molecule is c1ccc2c(c1)cc(N1CCCCC1)c1ccncc12. The fourth-order valence-electron chi connectivity index (χ4n) is 3.32. The minimum absolute atomic E-state index is 1.18. The van der Waals surface area contributed by atoms with Crippen molar-refractivity contribution in [2.24, 2.45) is 0 Å². The summed E-state index contributed by atoms with van der Waals surface area (Å²) in [6, 6.07) is 13.1. The van der Waals surface area contributed by atoms with Crippen LogP contribution in [0.5, 0.6) is 0 Å². The van der Waals surface area contributed by atoms with Gasteiger partial charge >= 0.3 is 0 Å². The lowest BCUT2D eigenvalue weighted by Gasteiger charge is -2.30. The van der Waals surface area contributed by atoms with Crippen LogP contribution in [0.2, 0.25) is 0 Å². The molecule has 1 aliphatic heterocycles. The number of nitrogens with zero attached hydrogens (tertiary/aromatic N) is 2. The van der Waals surface area contributed by atoms with Gasteiger partial charge in [0.25, 0.3) is 0 Å². The Balaban J connectivity index is 2.02. The van der Waals surface area contributed by atoms with E-state index in [9.17, 15) is 0 Å². The van der Waals surface area contributed by atoms with E-state index in [-0.39, 0.29) is 0 Å². The lowest BCUT2D eigenvalue weighted by Crippen LogP contribution is -2.29. The molecule has 1 aliphatic rings. The fraction of sp³-hybridized carbons (Fsp3) is 0.278.